The second-order valence-corrected chi connectivity index (χ2v) is 5.10. The lowest BCUT2D eigenvalue weighted by atomic mass is 10.2. The first-order chi connectivity index (χ1) is 9.34. The van der Waals surface area contributed by atoms with Crippen LogP contribution in [0.5, 0.6) is 0 Å². The topological polar surface area (TPSA) is 77.4 Å². The minimum atomic E-state index is -0.383. The van der Waals surface area contributed by atoms with E-state index < -0.39 is 0 Å². The van der Waals surface area contributed by atoms with Crippen LogP contribution in [0.25, 0.3) is 11.2 Å². The maximum Gasteiger partial charge on any atom is 0.332 e. The normalized spacial score (nSPS) is 18.4. The Balaban J connectivity index is 2.55. The van der Waals surface area contributed by atoms with Crippen molar-refractivity contribution in [1.29, 1.82) is 0 Å². The summed E-state index contributed by atoms with van der Waals surface area (Å²) in [5.74, 6) is 0.566. The second kappa shape index (κ2) is 3.81. The van der Waals surface area contributed by atoms with E-state index in [2.05, 4.69) is 10.1 Å². The summed E-state index contributed by atoms with van der Waals surface area (Å²) in [6, 6.07) is -0.0728. The minimum absolute atomic E-state index is 0.0728. The van der Waals surface area contributed by atoms with Crippen LogP contribution in [0.4, 0.5) is 5.95 Å². The number of hydrogen-bond donors (Lipinski definition) is 0. The summed E-state index contributed by atoms with van der Waals surface area (Å²) >= 11 is 0. The summed E-state index contributed by atoms with van der Waals surface area (Å²) in [6.45, 7) is 3.86. The molecule has 8 heteroatoms. The zero-order valence-corrected chi connectivity index (χ0v) is 12.1. The SMILES string of the molecule is CC1=NN(C)c2nc3c(c(=O)n(C)c(=O)n3C)n2C1C. The molecule has 0 spiro atoms. The molecule has 3 heterocycles. The monoisotopic (exact) mass is 276 g/mol. The largest absolute Gasteiger partial charge is 0.332 e. The highest BCUT2D eigenvalue weighted by Crippen LogP contribution is 2.28. The van der Waals surface area contributed by atoms with Gasteiger partial charge in [-0.05, 0) is 13.8 Å². The number of nitrogens with zero attached hydrogens (tertiary/aromatic N) is 6. The van der Waals surface area contributed by atoms with Gasteiger partial charge in [0.2, 0.25) is 5.95 Å². The minimum Gasteiger partial charge on any atom is -0.294 e. The summed E-state index contributed by atoms with van der Waals surface area (Å²) in [6.07, 6.45) is 0. The molecule has 0 saturated carbocycles. The summed E-state index contributed by atoms with van der Waals surface area (Å²) < 4.78 is 4.32. The zero-order valence-electron chi connectivity index (χ0n) is 12.1. The Morgan fingerprint density at radius 3 is 2.40 bits per heavy atom. The van der Waals surface area contributed by atoms with Gasteiger partial charge in [-0.2, -0.15) is 10.1 Å². The van der Waals surface area contributed by atoms with Crippen LogP contribution in [0, 0.1) is 0 Å². The predicted octanol–water partition coefficient (Wildman–Crippen LogP) is -0.180. The fourth-order valence-corrected chi connectivity index (χ4v) is 2.55. The Morgan fingerprint density at radius 1 is 1.10 bits per heavy atom. The molecule has 0 radical (unpaired) electrons. The van der Waals surface area contributed by atoms with Crippen LogP contribution in [0.1, 0.15) is 19.9 Å². The van der Waals surface area contributed by atoms with Crippen molar-refractivity contribution in [2.24, 2.45) is 19.2 Å². The number of hydrazone groups is 1. The maximum absolute atomic E-state index is 12.4. The maximum atomic E-state index is 12.4. The van der Waals surface area contributed by atoms with Crippen LogP contribution in [0.15, 0.2) is 14.7 Å². The Hall–Kier alpha value is -2.38. The summed E-state index contributed by atoms with van der Waals surface area (Å²) in [5, 5.41) is 6.00. The number of hydrogen-bond acceptors (Lipinski definition) is 5. The van der Waals surface area contributed by atoms with Crippen LogP contribution in [0.3, 0.4) is 0 Å². The first-order valence-corrected chi connectivity index (χ1v) is 6.31. The van der Waals surface area contributed by atoms with E-state index >= 15 is 0 Å². The van der Waals surface area contributed by atoms with E-state index in [1.807, 2.05) is 18.4 Å². The molecule has 106 valence electrons. The molecule has 0 saturated heterocycles. The molecule has 8 nitrogen and oxygen atoms in total. The Bertz CT molecular complexity index is 869. The number of fused-ring (bicyclic) bond motifs is 3. The molecule has 1 unspecified atom stereocenters. The predicted molar refractivity (Wildman–Crippen MR) is 76.4 cm³/mol. The van der Waals surface area contributed by atoms with Gasteiger partial charge < -0.3 is 0 Å². The molecule has 0 bridgehead atoms. The number of anilines is 1. The third kappa shape index (κ3) is 1.36. The van der Waals surface area contributed by atoms with Gasteiger partial charge in [-0.3, -0.25) is 18.5 Å². The summed E-state index contributed by atoms with van der Waals surface area (Å²) in [5.41, 5.74) is 0.979. The van der Waals surface area contributed by atoms with Gasteiger partial charge in [0.15, 0.2) is 11.2 Å². The van der Waals surface area contributed by atoms with Crippen molar-refractivity contribution in [2.75, 3.05) is 12.1 Å². The fraction of sp³-hybridized carbons (Fsp3) is 0.500. The smallest absolute Gasteiger partial charge is 0.294 e. The van der Waals surface area contributed by atoms with Crippen molar-refractivity contribution >= 4 is 22.8 Å². The number of rotatable bonds is 0. The van der Waals surface area contributed by atoms with Crippen LogP contribution < -0.4 is 16.3 Å². The molecule has 3 rings (SSSR count). The lowest BCUT2D eigenvalue weighted by molar-refractivity contribution is 0.654. The van der Waals surface area contributed by atoms with E-state index in [1.165, 1.54) is 11.6 Å². The molecule has 2 aromatic rings. The summed E-state index contributed by atoms with van der Waals surface area (Å²) in [4.78, 5) is 28.8. The molecule has 0 aromatic carbocycles. The van der Waals surface area contributed by atoms with Crippen LogP contribution >= 0.6 is 0 Å². The molecule has 20 heavy (non-hydrogen) atoms. The van der Waals surface area contributed by atoms with Crippen molar-refractivity contribution in [2.45, 2.75) is 19.9 Å². The van der Waals surface area contributed by atoms with E-state index in [1.54, 1.807) is 19.1 Å². The average Bonchev–Trinajstić information content (AvgIpc) is 2.81. The van der Waals surface area contributed by atoms with Crippen molar-refractivity contribution < 1.29 is 0 Å². The van der Waals surface area contributed by atoms with Gasteiger partial charge in [-0.25, -0.2) is 9.80 Å². The van der Waals surface area contributed by atoms with Crippen LogP contribution in [0.2, 0.25) is 0 Å². The van der Waals surface area contributed by atoms with Gasteiger partial charge in [-0.1, -0.05) is 0 Å². The van der Waals surface area contributed by atoms with Gasteiger partial charge in [0.05, 0.1) is 11.8 Å². The molecular weight excluding hydrogens is 260 g/mol. The highest BCUT2D eigenvalue weighted by Gasteiger charge is 2.28. The average molecular weight is 276 g/mol. The number of aromatic nitrogens is 4. The standard InChI is InChI=1S/C12H16N6O2/c1-6-7(2)18-8-9(13-11(18)17(5)14-6)15(3)12(20)16(4)10(8)19/h7H,1-5H3. The van der Waals surface area contributed by atoms with Crippen LogP contribution in [-0.4, -0.2) is 31.4 Å². The van der Waals surface area contributed by atoms with Crippen molar-refractivity contribution in [3.63, 3.8) is 0 Å². The molecule has 0 fully saturated rings. The Kier molecular flexibility index (Phi) is 2.41. The number of aryl methyl sites for hydroxylation is 1. The van der Waals surface area contributed by atoms with Gasteiger partial charge in [0, 0.05) is 21.1 Å². The van der Waals surface area contributed by atoms with Crippen molar-refractivity contribution in [3.8, 4) is 0 Å². The van der Waals surface area contributed by atoms with Gasteiger partial charge >= 0.3 is 5.69 Å². The molecule has 0 amide bonds. The van der Waals surface area contributed by atoms with Crippen LogP contribution in [-0.2, 0) is 14.1 Å². The van der Waals surface area contributed by atoms with E-state index in [4.69, 9.17) is 0 Å². The molecule has 1 atom stereocenters. The van der Waals surface area contributed by atoms with E-state index in [9.17, 15) is 9.59 Å². The third-order valence-corrected chi connectivity index (χ3v) is 3.86. The first-order valence-electron chi connectivity index (χ1n) is 6.31. The lowest BCUT2D eigenvalue weighted by Gasteiger charge is -2.26. The van der Waals surface area contributed by atoms with Gasteiger partial charge in [0.25, 0.3) is 5.56 Å². The third-order valence-electron chi connectivity index (χ3n) is 3.86. The number of imidazole rings is 1. The van der Waals surface area contributed by atoms with E-state index in [0.717, 1.165) is 10.3 Å². The summed E-state index contributed by atoms with van der Waals surface area (Å²) in [7, 11) is 4.86. The van der Waals surface area contributed by atoms with E-state index in [-0.39, 0.29) is 17.3 Å². The van der Waals surface area contributed by atoms with Crippen molar-refractivity contribution in [1.82, 2.24) is 18.7 Å². The zero-order chi connectivity index (χ0) is 14.8. The Labute approximate surface area is 114 Å². The molecule has 0 N–H and O–H groups in total. The molecule has 1 aliphatic rings. The van der Waals surface area contributed by atoms with Gasteiger partial charge in [-0.15, -0.1) is 0 Å². The lowest BCUT2D eigenvalue weighted by Crippen LogP contribution is -2.38. The molecule has 0 aliphatic carbocycles. The first kappa shape index (κ1) is 12.6. The second-order valence-electron chi connectivity index (χ2n) is 5.10. The van der Waals surface area contributed by atoms with Gasteiger partial charge in [0.1, 0.15) is 0 Å². The Morgan fingerprint density at radius 2 is 1.75 bits per heavy atom. The molecular formula is C12H16N6O2. The fourth-order valence-electron chi connectivity index (χ4n) is 2.55. The highest BCUT2D eigenvalue weighted by atomic mass is 16.2. The van der Waals surface area contributed by atoms with Crippen molar-refractivity contribution in [3.05, 3.63) is 20.8 Å². The quantitative estimate of drug-likeness (QED) is 0.669. The molecule has 1 aliphatic heterocycles. The van der Waals surface area contributed by atoms with E-state index in [0.29, 0.717) is 17.1 Å². The molecule has 2 aromatic heterocycles. The highest BCUT2D eigenvalue weighted by molar-refractivity contribution is 5.90.